The van der Waals surface area contributed by atoms with Crippen LogP contribution in [0.3, 0.4) is 0 Å². The third-order valence-electron chi connectivity index (χ3n) is 3.63. The molecule has 0 atom stereocenters. The number of imide groups is 1. The number of halogens is 1. The molecule has 1 aliphatic rings. The SMILES string of the molecule is COc1ccc(/C=C2/NC(=O)N(Cc3ccccc3)C2=O)cc1I. The molecule has 24 heavy (non-hydrogen) atoms. The Morgan fingerprint density at radius 3 is 2.58 bits per heavy atom. The largest absolute Gasteiger partial charge is 0.496 e. The van der Waals surface area contributed by atoms with Crippen molar-refractivity contribution in [1.82, 2.24) is 10.2 Å². The van der Waals surface area contributed by atoms with Crippen LogP contribution in [0.15, 0.2) is 54.2 Å². The number of urea groups is 1. The number of hydrogen-bond donors (Lipinski definition) is 1. The molecule has 6 heteroatoms. The topological polar surface area (TPSA) is 58.6 Å². The molecular formula is C18H15IN2O3. The summed E-state index contributed by atoms with van der Waals surface area (Å²) in [6.45, 7) is 0.253. The molecule has 1 aliphatic heterocycles. The molecule has 0 saturated carbocycles. The Balaban J connectivity index is 1.82. The average molecular weight is 434 g/mol. The minimum atomic E-state index is -0.404. The first-order valence-electron chi connectivity index (χ1n) is 7.30. The summed E-state index contributed by atoms with van der Waals surface area (Å²) in [6.07, 6.45) is 1.67. The maximum atomic E-state index is 12.5. The van der Waals surface area contributed by atoms with Gasteiger partial charge in [-0.3, -0.25) is 9.69 Å². The van der Waals surface area contributed by atoms with Gasteiger partial charge in [-0.05, 0) is 51.9 Å². The zero-order valence-corrected chi connectivity index (χ0v) is 15.1. The van der Waals surface area contributed by atoms with Gasteiger partial charge in [-0.2, -0.15) is 0 Å². The van der Waals surface area contributed by atoms with Crippen LogP contribution < -0.4 is 10.1 Å². The van der Waals surface area contributed by atoms with E-state index in [-0.39, 0.29) is 18.1 Å². The fourth-order valence-electron chi connectivity index (χ4n) is 2.42. The van der Waals surface area contributed by atoms with Crippen molar-refractivity contribution in [3.8, 4) is 5.75 Å². The summed E-state index contributed by atoms with van der Waals surface area (Å²) in [5.74, 6) is 0.444. The van der Waals surface area contributed by atoms with Crippen LogP contribution in [0.2, 0.25) is 0 Å². The quantitative estimate of drug-likeness (QED) is 0.456. The third kappa shape index (κ3) is 3.43. The first-order chi connectivity index (χ1) is 11.6. The van der Waals surface area contributed by atoms with Crippen LogP contribution in [0.25, 0.3) is 6.08 Å². The summed E-state index contributed by atoms with van der Waals surface area (Å²) in [6, 6.07) is 14.6. The van der Waals surface area contributed by atoms with Crippen LogP contribution in [-0.4, -0.2) is 23.9 Å². The second-order valence-corrected chi connectivity index (χ2v) is 6.42. The lowest BCUT2D eigenvalue weighted by molar-refractivity contribution is -0.123. The summed E-state index contributed by atoms with van der Waals surface area (Å²) in [5.41, 5.74) is 2.00. The summed E-state index contributed by atoms with van der Waals surface area (Å²) >= 11 is 2.16. The van der Waals surface area contributed by atoms with Crippen molar-refractivity contribution in [3.63, 3.8) is 0 Å². The summed E-state index contributed by atoms with van der Waals surface area (Å²) < 4.78 is 6.15. The fourth-order valence-corrected chi connectivity index (χ4v) is 3.18. The van der Waals surface area contributed by atoms with E-state index in [0.29, 0.717) is 0 Å². The highest BCUT2D eigenvalue weighted by Crippen LogP contribution is 2.24. The molecule has 0 aliphatic carbocycles. The van der Waals surface area contributed by atoms with Crippen molar-refractivity contribution in [2.24, 2.45) is 0 Å². The maximum absolute atomic E-state index is 12.5. The Kier molecular flexibility index (Phi) is 4.84. The maximum Gasteiger partial charge on any atom is 0.329 e. The molecule has 2 aromatic rings. The van der Waals surface area contributed by atoms with Crippen molar-refractivity contribution in [1.29, 1.82) is 0 Å². The predicted molar refractivity (Wildman–Crippen MR) is 99.2 cm³/mol. The highest BCUT2D eigenvalue weighted by molar-refractivity contribution is 14.1. The smallest absolute Gasteiger partial charge is 0.329 e. The predicted octanol–water partition coefficient (Wildman–Crippen LogP) is 3.39. The van der Waals surface area contributed by atoms with Crippen LogP contribution in [0.1, 0.15) is 11.1 Å². The van der Waals surface area contributed by atoms with Gasteiger partial charge in [-0.15, -0.1) is 0 Å². The molecular weight excluding hydrogens is 419 g/mol. The molecule has 2 aromatic carbocycles. The average Bonchev–Trinajstić information content (AvgIpc) is 2.84. The van der Waals surface area contributed by atoms with Crippen LogP contribution >= 0.6 is 22.6 Å². The van der Waals surface area contributed by atoms with E-state index < -0.39 is 6.03 Å². The van der Waals surface area contributed by atoms with Gasteiger partial charge in [-0.1, -0.05) is 36.4 Å². The lowest BCUT2D eigenvalue weighted by Crippen LogP contribution is -2.30. The van der Waals surface area contributed by atoms with E-state index >= 15 is 0 Å². The second-order valence-electron chi connectivity index (χ2n) is 5.26. The zero-order chi connectivity index (χ0) is 17.1. The van der Waals surface area contributed by atoms with Crippen LogP contribution in [-0.2, 0) is 11.3 Å². The Labute approximate surface area is 153 Å². The molecule has 3 rings (SSSR count). The number of rotatable bonds is 4. The second kappa shape index (κ2) is 7.04. The normalized spacial score (nSPS) is 15.8. The van der Waals surface area contributed by atoms with E-state index in [4.69, 9.17) is 4.74 Å². The van der Waals surface area contributed by atoms with Gasteiger partial charge in [0, 0.05) is 0 Å². The van der Waals surface area contributed by atoms with Gasteiger partial charge in [0.05, 0.1) is 17.2 Å². The molecule has 5 nitrogen and oxygen atoms in total. The minimum absolute atomic E-state index is 0.253. The standard InChI is InChI=1S/C18H15IN2O3/c1-24-16-8-7-13(9-14(16)19)10-15-17(22)21(18(23)20-15)11-12-5-3-2-4-6-12/h2-10H,11H2,1H3,(H,20,23)/b15-10+. The number of nitrogens with zero attached hydrogens (tertiary/aromatic N) is 1. The number of hydrogen-bond acceptors (Lipinski definition) is 3. The molecule has 1 saturated heterocycles. The van der Waals surface area contributed by atoms with Gasteiger partial charge < -0.3 is 10.1 Å². The molecule has 122 valence electrons. The molecule has 0 aromatic heterocycles. The number of methoxy groups -OCH3 is 1. The van der Waals surface area contributed by atoms with E-state index in [1.165, 1.54) is 4.90 Å². The van der Waals surface area contributed by atoms with Crippen molar-refractivity contribution < 1.29 is 14.3 Å². The monoisotopic (exact) mass is 434 g/mol. The van der Waals surface area contributed by atoms with Crippen molar-refractivity contribution >= 4 is 40.6 Å². The summed E-state index contributed by atoms with van der Waals surface area (Å²) in [5, 5.41) is 2.64. The number of benzene rings is 2. The zero-order valence-electron chi connectivity index (χ0n) is 13.0. The first-order valence-corrected chi connectivity index (χ1v) is 8.38. The van der Waals surface area contributed by atoms with Gasteiger partial charge in [0.25, 0.3) is 5.91 Å². The minimum Gasteiger partial charge on any atom is -0.496 e. The molecule has 0 unspecified atom stereocenters. The molecule has 0 radical (unpaired) electrons. The van der Waals surface area contributed by atoms with Gasteiger partial charge in [-0.25, -0.2) is 4.79 Å². The van der Waals surface area contributed by atoms with Gasteiger partial charge in [0.1, 0.15) is 11.4 Å². The third-order valence-corrected chi connectivity index (χ3v) is 4.48. The van der Waals surface area contributed by atoms with E-state index in [2.05, 4.69) is 27.9 Å². The van der Waals surface area contributed by atoms with E-state index in [1.54, 1.807) is 13.2 Å². The van der Waals surface area contributed by atoms with Crippen molar-refractivity contribution in [2.45, 2.75) is 6.54 Å². The van der Waals surface area contributed by atoms with Crippen molar-refractivity contribution in [2.75, 3.05) is 7.11 Å². The van der Waals surface area contributed by atoms with Crippen LogP contribution in [0.5, 0.6) is 5.75 Å². The number of carbonyl (C=O) groups is 2. The Bertz CT molecular complexity index is 818. The molecule has 3 amide bonds. The number of ether oxygens (including phenoxy) is 1. The van der Waals surface area contributed by atoms with E-state index in [9.17, 15) is 9.59 Å². The fraction of sp³-hybridized carbons (Fsp3) is 0.111. The molecule has 1 N–H and O–H groups in total. The lowest BCUT2D eigenvalue weighted by Gasteiger charge is -2.11. The van der Waals surface area contributed by atoms with Gasteiger partial charge in [0.15, 0.2) is 0 Å². The van der Waals surface area contributed by atoms with Gasteiger partial charge >= 0.3 is 6.03 Å². The van der Waals surface area contributed by atoms with Crippen molar-refractivity contribution in [3.05, 3.63) is 68.9 Å². The van der Waals surface area contributed by atoms with Gasteiger partial charge in [0.2, 0.25) is 0 Å². The first kappa shape index (κ1) is 16.5. The van der Waals surface area contributed by atoms with E-state index in [1.807, 2.05) is 48.5 Å². The Hall–Kier alpha value is -2.35. The Morgan fingerprint density at radius 2 is 1.92 bits per heavy atom. The summed E-state index contributed by atoms with van der Waals surface area (Å²) in [4.78, 5) is 25.8. The highest BCUT2D eigenvalue weighted by atomic mass is 127. The number of carbonyl (C=O) groups excluding carboxylic acids is 2. The number of amides is 3. The highest BCUT2D eigenvalue weighted by Gasteiger charge is 2.33. The molecule has 1 heterocycles. The lowest BCUT2D eigenvalue weighted by atomic mass is 10.1. The van der Waals surface area contributed by atoms with E-state index in [0.717, 1.165) is 20.4 Å². The van der Waals surface area contributed by atoms with Crippen LogP contribution in [0.4, 0.5) is 4.79 Å². The molecule has 1 fully saturated rings. The summed E-state index contributed by atoms with van der Waals surface area (Å²) in [7, 11) is 1.61. The Morgan fingerprint density at radius 1 is 1.17 bits per heavy atom. The molecule has 0 bridgehead atoms. The number of nitrogens with one attached hydrogen (secondary N) is 1. The molecule has 0 spiro atoms. The van der Waals surface area contributed by atoms with Crippen LogP contribution in [0, 0.1) is 3.57 Å².